The summed E-state index contributed by atoms with van der Waals surface area (Å²) >= 11 is 3.38. The highest BCUT2D eigenvalue weighted by Gasteiger charge is 2.12. The van der Waals surface area contributed by atoms with Crippen molar-refractivity contribution >= 4 is 45.5 Å². The Kier molecular flexibility index (Phi) is 7.52. The summed E-state index contributed by atoms with van der Waals surface area (Å²) in [6, 6.07) is 12.2. The van der Waals surface area contributed by atoms with Crippen LogP contribution in [0.5, 0.6) is 0 Å². The van der Waals surface area contributed by atoms with Crippen molar-refractivity contribution in [1.29, 1.82) is 0 Å². The van der Waals surface area contributed by atoms with Crippen LogP contribution in [0.15, 0.2) is 53.0 Å². The molecule has 0 saturated carbocycles. The van der Waals surface area contributed by atoms with Gasteiger partial charge in [0.15, 0.2) is 0 Å². The number of aryl methyl sites for hydroxylation is 1. The fourth-order valence-corrected chi connectivity index (χ4v) is 2.87. The summed E-state index contributed by atoms with van der Waals surface area (Å²) in [4.78, 5) is 37.1. The summed E-state index contributed by atoms with van der Waals surface area (Å²) in [7, 11) is 2.87. The molecular weight excluding hydrogens is 424 g/mol. The first-order chi connectivity index (χ1) is 13.3. The molecular formula is C21H21BrN2O4. The molecule has 0 unspecified atom stereocenters. The lowest BCUT2D eigenvalue weighted by atomic mass is 10.1. The number of anilines is 1. The van der Waals surface area contributed by atoms with Crippen LogP contribution in [-0.2, 0) is 14.3 Å². The summed E-state index contributed by atoms with van der Waals surface area (Å²) in [5, 5.41) is 2.80. The number of esters is 1. The van der Waals surface area contributed by atoms with Gasteiger partial charge in [-0.15, -0.1) is 0 Å². The predicted octanol–water partition coefficient (Wildman–Crippen LogP) is 3.65. The summed E-state index contributed by atoms with van der Waals surface area (Å²) < 4.78 is 5.57. The van der Waals surface area contributed by atoms with E-state index in [1.165, 1.54) is 18.1 Å². The van der Waals surface area contributed by atoms with Crippen molar-refractivity contribution in [1.82, 2.24) is 4.90 Å². The lowest BCUT2D eigenvalue weighted by molar-refractivity contribution is -0.129. The third-order valence-corrected chi connectivity index (χ3v) is 4.46. The quantitative estimate of drug-likeness (QED) is 0.544. The van der Waals surface area contributed by atoms with Crippen LogP contribution in [0, 0.1) is 6.92 Å². The van der Waals surface area contributed by atoms with Crippen molar-refractivity contribution in [3.05, 3.63) is 69.7 Å². The van der Waals surface area contributed by atoms with Gasteiger partial charge in [-0.05, 0) is 54.5 Å². The van der Waals surface area contributed by atoms with E-state index < -0.39 is 5.97 Å². The van der Waals surface area contributed by atoms with Crippen LogP contribution in [0.2, 0.25) is 0 Å². The Morgan fingerprint density at radius 2 is 1.82 bits per heavy atom. The molecule has 0 heterocycles. The summed E-state index contributed by atoms with van der Waals surface area (Å²) in [5.74, 6) is -1.00. The first-order valence-corrected chi connectivity index (χ1v) is 9.27. The zero-order valence-corrected chi connectivity index (χ0v) is 17.4. The largest absolute Gasteiger partial charge is 0.465 e. The van der Waals surface area contributed by atoms with Crippen LogP contribution in [0.1, 0.15) is 21.5 Å². The molecule has 146 valence electrons. The van der Waals surface area contributed by atoms with E-state index in [0.717, 1.165) is 15.6 Å². The molecule has 0 spiro atoms. The van der Waals surface area contributed by atoms with E-state index in [0.29, 0.717) is 11.3 Å². The van der Waals surface area contributed by atoms with E-state index >= 15 is 0 Å². The Morgan fingerprint density at radius 1 is 1.14 bits per heavy atom. The maximum atomic E-state index is 12.2. The first kappa shape index (κ1) is 21.4. The number of carbonyl (C=O) groups is 3. The SMILES string of the molecule is COC(=O)c1ccc(/C=C/C(=O)N(C)CC(=O)Nc2ccc(Br)cc2C)cc1. The van der Waals surface area contributed by atoms with Crippen LogP contribution in [0.25, 0.3) is 6.08 Å². The first-order valence-electron chi connectivity index (χ1n) is 8.47. The van der Waals surface area contributed by atoms with Crippen LogP contribution in [0.4, 0.5) is 5.69 Å². The van der Waals surface area contributed by atoms with Gasteiger partial charge in [0.1, 0.15) is 0 Å². The van der Waals surface area contributed by atoms with Crippen LogP contribution >= 0.6 is 15.9 Å². The predicted molar refractivity (Wildman–Crippen MR) is 112 cm³/mol. The summed E-state index contributed by atoms with van der Waals surface area (Å²) in [5.41, 5.74) is 2.81. The molecule has 0 fully saturated rings. The molecule has 2 rings (SSSR count). The van der Waals surface area contributed by atoms with Crippen molar-refractivity contribution in [3.8, 4) is 0 Å². The monoisotopic (exact) mass is 444 g/mol. The number of likely N-dealkylation sites (N-methyl/N-ethyl adjacent to an activating group) is 1. The molecule has 2 amide bonds. The topological polar surface area (TPSA) is 75.7 Å². The minimum atomic E-state index is -0.418. The number of hydrogen-bond donors (Lipinski definition) is 1. The van der Waals surface area contributed by atoms with Gasteiger partial charge in [-0.25, -0.2) is 4.79 Å². The van der Waals surface area contributed by atoms with E-state index in [1.54, 1.807) is 43.5 Å². The Bertz CT molecular complexity index is 907. The number of methoxy groups -OCH3 is 1. The number of amides is 2. The van der Waals surface area contributed by atoms with E-state index in [-0.39, 0.29) is 18.4 Å². The van der Waals surface area contributed by atoms with E-state index in [1.807, 2.05) is 19.1 Å². The van der Waals surface area contributed by atoms with Crippen molar-refractivity contribution in [2.24, 2.45) is 0 Å². The minimum Gasteiger partial charge on any atom is -0.465 e. The van der Waals surface area contributed by atoms with Crippen LogP contribution in [0.3, 0.4) is 0 Å². The molecule has 6 nitrogen and oxygen atoms in total. The van der Waals surface area contributed by atoms with Crippen molar-refractivity contribution < 1.29 is 19.1 Å². The molecule has 0 bridgehead atoms. The summed E-state index contributed by atoms with van der Waals surface area (Å²) in [6.45, 7) is 1.82. The second-order valence-corrected chi connectivity index (χ2v) is 7.06. The number of rotatable bonds is 6. The van der Waals surface area contributed by atoms with Crippen molar-refractivity contribution in [2.75, 3.05) is 26.0 Å². The van der Waals surface area contributed by atoms with Gasteiger partial charge in [0.2, 0.25) is 11.8 Å². The molecule has 1 N–H and O–H groups in total. The molecule has 0 saturated heterocycles. The second-order valence-electron chi connectivity index (χ2n) is 6.15. The molecule has 0 radical (unpaired) electrons. The average molecular weight is 445 g/mol. The Morgan fingerprint density at radius 3 is 2.43 bits per heavy atom. The Labute approximate surface area is 172 Å². The number of hydrogen-bond acceptors (Lipinski definition) is 4. The van der Waals surface area contributed by atoms with E-state index in [2.05, 4.69) is 26.0 Å². The highest BCUT2D eigenvalue weighted by Crippen LogP contribution is 2.19. The van der Waals surface area contributed by atoms with E-state index in [9.17, 15) is 14.4 Å². The van der Waals surface area contributed by atoms with Gasteiger partial charge in [0.25, 0.3) is 0 Å². The van der Waals surface area contributed by atoms with Crippen LogP contribution in [-0.4, -0.2) is 43.4 Å². The fraction of sp³-hybridized carbons (Fsp3) is 0.190. The normalized spacial score (nSPS) is 10.6. The molecule has 0 aliphatic rings. The standard InChI is InChI=1S/C21H21BrN2O4/c1-14-12-17(22)9-10-18(14)23-19(25)13-24(2)20(26)11-6-15-4-7-16(8-5-15)21(27)28-3/h4-12H,13H2,1-3H3,(H,23,25)/b11-6+. The highest BCUT2D eigenvalue weighted by molar-refractivity contribution is 9.10. The molecule has 2 aromatic rings. The maximum absolute atomic E-state index is 12.2. The lowest BCUT2D eigenvalue weighted by Gasteiger charge is -2.15. The molecule has 2 aromatic carbocycles. The molecule has 0 aromatic heterocycles. The van der Waals surface area contributed by atoms with Gasteiger partial charge in [-0.1, -0.05) is 28.1 Å². The second kappa shape index (κ2) is 9.85. The number of ether oxygens (including phenoxy) is 1. The Hall–Kier alpha value is -2.93. The number of nitrogens with zero attached hydrogens (tertiary/aromatic N) is 1. The van der Waals surface area contributed by atoms with Gasteiger partial charge in [0, 0.05) is 23.3 Å². The Balaban J connectivity index is 1.91. The number of halogens is 1. The smallest absolute Gasteiger partial charge is 0.337 e. The highest BCUT2D eigenvalue weighted by atomic mass is 79.9. The van der Waals surface area contributed by atoms with E-state index in [4.69, 9.17) is 0 Å². The summed E-state index contributed by atoms with van der Waals surface area (Å²) in [6.07, 6.45) is 3.00. The average Bonchev–Trinajstić information content (AvgIpc) is 2.68. The fourth-order valence-electron chi connectivity index (χ4n) is 2.39. The number of nitrogens with one attached hydrogen (secondary N) is 1. The van der Waals surface area contributed by atoms with Gasteiger partial charge < -0.3 is 15.0 Å². The van der Waals surface area contributed by atoms with Gasteiger partial charge in [-0.3, -0.25) is 9.59 Å². The maximum Gasteiger partial charge on any atom is 0.337 e. The third kappa shape index (κ3) is 6.06. The van der Waals surface area contributed by atoms with Gasteiger partial charge in [0.05, 0.1) is 19.2 Å². The zero-order chi connectivity index (χ0) is 20.7. The van der Waals surface area contributed by atoms with Crippen LogP contribution < -0.4 is 5.32 Å². The molecule has 0 atom stereocenters. The van der Waals surface area contributed by atoms with Crippen molar-refractivity contribution in [3.63, 3.8) is 0 Å². The van der Waals surface area contributed by atoms with Crippen molar-refractivity contribution in [2.45, 2.75) is 6.92 Å². The van der Waals surface area contributed by atoms with Gasteiger partial charge >= 0.3 is 5.97 Å². The third-order valence-electron chi connectivity index (χ3n) is 3.97. The molecule has 0 aliphatic heterocycles. The minimum absolute atomic E-state index is 0.0695. The molecule has 0 aliphatic carbocycles. The zero-order valence-electron chi connectivity index (χ0n) is 15.9. The number of benzene rings is 2. The number of carbonyl (C=O) groups excluding carboxylic acids is 3. The lowest BCUT2D eigenvalue weighted by Crippen LogP contribution is -2.34. The van der Waals surface area contributed by atoms with Gasteiger partial charge in [-0.2, -0.15) is 0 Å². The molecule has 7 heteroatoms. The molecule has 28 heavy (non-hydrogen) atoms.